The summed E-state index contributed by atoms with van der Waals surface area (Å²) in [6.07, 6.45) is 2.16. The lowest BCUT2D eigenvalue weighted by Gasteiger charge is -2.17. The van der Waals surface area contributed by atoms with E-state index >= 15 is 0 Å². The number of ether oxygens (including phenoxy) is 1. The third-order valence-electron chi connectivity index (χ3n) is 4.89. The predicted octanol–water partition coefficient (Wildman–Crippen LogP) is 6.76. The van der Waals surface area contributed by atoms with Gasteiger partial charge in [-0.05, 0) is 56.0 Å². The first kappa shape index (κ1) is 23.3. The molecule has 1 N–H and O–H groups in total. The first-order chi connectivity index (χ1) is 13.6. The van der Waals surface area contributed by atoms with Gasteiger partial charge in [0.1, 0.15) is 12.4 Å². The molecule has 3 aromatic carbocycles. The van der Waals surface area contributed by atoms with E-state index in [1.165, 1.54) is 11.1 Å². The first-order valence-electron chi connectivity index (χ1n) is 9.84. The highest BCUT2D eigenvalue weighted by Gasteiger charge is 2.08. The highest BCUT2D eigenvalue weighted by Crippen LogP contribution is 2.24. The summed E-state index contributed by atoms with van der Waals surface area (Å²) in [5.41, 5.74) is 4.88. The molecule has 3 rings (SSSR count). The van der Waals surface area contributed by atoms with Crippen LogP contribution in [0.5, 0.6) is 5.75 Å². The van der Waals surface area contributed by atoms with E-state index in [-0.39, 0.29) is 12.4 Å². The summed E-state index contributed by atoms with van der Waals surface area (Å²) in [6.45, 7) is 5.60. The van der Waals surface area contributed by atoms with Gasteiger partial charge in [0.15, 0.2) is 0 Å². The molecule has 0 bridgehead atoms. The number of benzene rings is 3. The molecule has 0 aliphatic heterocycles. The van der Waals surface area contributed by atoms with Gasteiger partial charge in [-0.2, -0.15) is 0 Å². The van der Waals surface area contributed by atoms with Crippen LogP contribution in [0.15, 0.2) is 72.8 Å². The average molecular weight is 430 g/mol. The van der Waals surface area contributed by atoms with Crippen molar-refractivity contribution in [2.75, 3.05) is 0 Å². The Bertz CT molecular complexity index is 866. The molecule has 3 aromatic rings. The van der Waals surface area contributed by atoms with Crippen molar-refractivity contribution in [2.45, 2.75) is 45.9 Å². The first-order valence-corrected chi connectivity index (χ1v) is 10.2. The largest absolute Gasteiger partial charge is 0.489 e. The maximum atomic E-state index is 6.22. The number of halogens is 2. The summed E-state index contributed by atoms with van der Waals surface area (Å²) in [6, 6.07) is 25.3. The van der Waals surface area contributed by atoms with E-state index in [1.54, 1.807) is 0 Å². The Morgan fingerprint density at radius 2 is 1.66 bits per heavy atom. The lowest BCUT2D eigenvalue weighted by molar-refractivity contribution is 0.301. The summed E-state index contributed by atoms with van der Waals surface area (Å²) < 4.78 is 6.08. The van der Waals surface area contributed by atoms with Crippen LogP contribution in [0.25, 0.3) is 0 Å². The highest BCUT2D eigenvalue weighted by atomic mass is 35.5. The van der Waals surface area contributed by atoms with Gasteiger partial charge in [0.05, 0.1) is 0 Å². The van der Waals surface area contributed by atoms with E-state index in [0.717, 1.165) is 41.3 Å². The van der Waals surface area contributed by atoms with E-state index in [2.05, 4.69) is 73.8 Å². The van der Waals surface area contributed by atoms with E-state index < -0.39 is 0 Å². The van der Waals surface area contributed by atoms with Gasteiger partial charge in [-0.15, -0.1) is 12.4 Å². The molecule has 0 spiro atoms. The third-order valence-corrected chi connectivity index (χ3v) is 5.12. The van der Waals surface area contributed by atoms with Crippen LogP contribution in [-0.4, -0.2) is 6.04 Å². The molecule has 0 saturated heterocycles. The molecule has 0 fully saturated rings. The van der Waals surface area contributed by atoms with Crippen molar-refractivity contribution in [1.29, 1.82) is 0 Å². The van der Waals surface area contributed by atoms with E-state index in [0.29, 0.717) is 12.6 Å². The topological polar surface area (TPSA) is 21.3 Å². The van der Waals surface area contributed by atoms with Gasteiger partial charge in [-0.25, -0.2) is 0 Å². The van der Waals surface area contributed by atoms with E-state index in [9.17, 15) is 0 Å². The summed E-state index contributed by atoms with van der Waals surface area (Å²) in [5, 5.41) is 4.34. The van der Waals surface area contributed by atoms with Crippen LogP contribution in [0, 0.1) is 6.92 Å². The van der Waals surface area contributed by atoms with Gasteiger partial charge >= 0.3 is 0 Å². The van der Waals surface area contributed by atoms with Crippen LogP contribution < -0.4 is 10.1 Å². The van der Waals surface area contributed by atoms with Gasteiger partial charge in [0.25, 0.3) is 0 Å². The van der Waals surface area contributed by atoms with Crippen molar-refractivity contribution < 1.29 is 4.74 Å². The van der Waals surface area contributed by atoms with Crippen molar-refractivity contribution in [3.05, 3.63) is 100 Å². The smallest absolute Gasteiger partial charge is 0.124 e. The van der Waals surface area contributed by atoms with Gasteiger partial charge in [-0.1, -0.05) is 71.8 Å². The maximum absolute atomic E-state index is 6.22. The van der Waals surface area contributed by atoms with Gasteiger partial charge in [0, 0.05) is 23.2 Å². The molecule has 0 aliphatic carbocycles. The minimum absolute atomic E-state index is 0. The molecule has 0 heterocycles. The number of hydrogen-bond acceptors (Lipinski definition) is 2. The third kappa shape index (κ3) is 7.74. The molecule has 0 aliphatic rings. The summed E-state index contributed by atoms with van der Waals surface area (Å²) in [4.78, 5) is 0. The van der Waals surface area contributed by atoms with E-state index in [1.807, 2.05) is 18.2 Å². The second-order valence-electron chi connectivity index (χ2n) is 7.33. The Labute approximate surface area is 185 Å². The Kier molecular flexibility index (Phi) is 9.53. The van der Waals surface area contributed by atoms with Crippen LogP contribution in [-0.2, 0) is 19.6 Å². The standard InChI is InChI=1S/C25H28ClNO.ClH/c1-19-8-11-22(12-9-19)18-28-25-15-14-24(26)16-23(25)17-27-20(2)10-13-21-6-4-3-5-7-21;/h3-9,11-12,14-16,20,27H,10,13,17-18H2,1-2H3;1H. The summed E-state index contributed by atoms with van der Waals surface area (Å²) in [5.74, 6) is 0.882. The number of aryl methyl sites for hydroxylation is 2. The van der Waals surface area contributed by atoms with Crippen molar-refractivity contribution >= 4 is 24.0 Å². The van der Waals surface area contributed by atoms with Crippen molar-refractivity contribution in [3.63, 3.8) is 0 Å². The fourth-order valence-electron chi connectivity index (χ4n) is 3.09. The fourth-order valence-corrected chi connectivity index (χ4v) is 3.28. The van der Waals surface area contributed by atoms with Crippen molar-refractivity contribution in [3.8, 4) is 5.75 Å². The molecule has 1 atom stereocenters. The molecule has 29 heavy (non-hydrogen) atoms. The maximum Gasteiger partial charge on any atom is 0.124 e. The monoisotopic (exact) mass is 429 g/mol. The number of nitrogens with one attached hydrogen (secondary N) is 1. The molecule has 1 unspecified atom stereocenters. The minimum atomic E-state index is 0. The molecule has 154 valence electrons. The zero-order valence-electron chi connectivity index (χ0n) is 17.0. The van der Waals surface area contributed by atoms with Crippen molar-refractivity contribution in [1.82, 2.24) is 5.32 Å². The molecule has 0 amide bonds. The second kappa shape index (κ2) is 11.9. The molecule has 2 nitrogen and oxygen atoms in total. The summed E-state index contributed by atoms with van der Waals surface area (Å²) in [7, 11) is 0. The second-order valence-corrected chi connectivity index (χ2v) is 7.77. The van der Waals surface area contributed by atoms with Gasteiger partial charge in [-0.3, -0.25) is 0 Å². The van der Waals surface area contributed by atoms with Crippen LogP contribution in [0.2, 0.25) is 5.02 Å². The minimum Gasteiger partial charge on any atom is -0.489 e. The van der Waals surface area contributed by atoms with Gasteiger partial charge < -0.3 is 10.1 Å². The van der Waals surface area contributed by atoms with Crippen LogP contribution >= 0.6 is 24.0 Å². The average Bonchev–Trinajstić information content (AvgIpc) is 2.72. The predicted molar refractivity (Wildman–Crippen MR) is 125 cm³/mol. The normalized spacial score (nSPS) is 11.6. The molecular weight excluding hydrogens is 401 g/mol. The summed E-state index contributed by atoms with van der Waals surface area (Å²) >= 11 is 6.22. The van der Waals surface area contributed by atoms with Gasteiger partial charge in [0.2, 0.25) is 0 Å². The molecule has 0 radical (unpaired) electrons. The quantitative estimate of drug-likeness (QED) is 0.405. The Balaban J connectivity index is 0.00000300. The Morgan fingerprint density at radius 3 is 2.38 bits per heavy atom. The zero-order chi connectivity index (χ0) is 19.8. The lowest BCUT2D eigenvalue weighted by atomic mass is 10.1. The molecule has 4 heteroatoms. The van der Waals surface area contributed by atoms with Crippen LogP contribution in [0.1, 0.15) is 35.6 Å². The molecule has 0 aromatic heterocycles. The molecule has 0 saturated carbocycles. The fraction of sp³-hybridized carbons (Fsp3) is 0.280. The van der Waals surface area contributed by atoms with Crippen LogP contribution in [0.4, 0.5) is 0 Å². The highest BCUT2D eigenvalue weighted by molar-refractivity contribution is 6.30. The molecular formula is C25H29Cl2NO. The van der Waals surface area contributed by atoms with E-state index in [4.69, 9.17) is 16.3 Å². The van der Waals surface area contributed by atoms with Crippen molar-refractivity contribution in [2.24, 2.45) is 0 Å². The lowest BCUT2D eigenvalue weighted by Crippen LogP contribution is -2.26. The Hall–Kier alpha value is -2.00. The zero-order valence-corrected chi connectivity index (χ0v) is 18.6. The Morgan fingerprint density at radius 1 is 0.931 bits per heavy atom. The number of rotatable bonds is 9. The SMILES string of the molecule is Cc1ccc(COc2ccc(Cl)cc2CNC(C)CCc2ccccc2)cc1.Cl. The number of hydrogen-bond donors (Lipinski definition) is 1. The van der Waals surface area contributed by atoms with Crippen LogP contribution in [0.3, 0.4) is 0 Å².